The molecule has 0 saturated carbocycles. The Kier molecular flexibility index (Phi) is 34.8. The molecule has 3 aromatic carbocycles. The predicted molar refractivity (Wildman–Crippen MR) is 373 cm³/mol. The van der Waals surface area contributed by atoms with Gasteiger partial charge in [-0.2, -0.15) is 16.8 Å². The molecule has 3 aromatic rings. The minimum atomic E-state index is -3.84. The van der Waals surface area contributed by atoms with Crippen molar-refractivity contribution in [1.82, 2.24) is 19.6 Å². The standard InChI is InChI=1S/2C19H29NO6S.2C12H23NO4.C7H7ClO2S/c2*1-14-5-7-16(8-6-14)27(23,24)25-12-10-17(21)15-9-11-20(13-15)18(22)26-19(2,3)4;2*1-12(2,3)17-11(16)13-6-4-9(8-13)10(15)5-7-14;1-6-2-4-7(5-3-6)11(8,9)10/h2*5-8,15,17,21H,9-13H2,1-4H3;2*9-10,14-15H,4-8H2,1-3H3;2-5H,1H3/t15-,17+;15-,17-;9-,10+;9-,10-;/m0000./s1. The number of benzene rings is 3. The summed E-state index contributed by atoms with van der Waals surface area (Å²) >= 11 is 0. The third-order valence-electron chi connectivity index (χ3n) is 15.8. The fourth-order valence-corrected chi connectivity index (χ4v) is 13.0. The fraction of sp³-hybridized carbons (Fsp3) is 0.681. The van der Waals surface area contributed by atoms with Crippen LogP contribution in [-0.2, 0) is 56.6 Å². The number of carbonyl (C=O) groups excluding carboxylic acids is 4. The third-order valence-corrected chi connectivity index (χ3v) is 19.8. The lowest BCUT2D eigenvalue weighted by Gasteiger charge is -2.25. The summed E-state index contributed by atoms with van der Waals surface area (Å²) in [6.07, 6.45) is -0.0820. The van der Waals surface area contributed by atoms with E-state index in [-0.39, 0.29) is 89.8 Å². The average Bonchev–Trinajstić information content (AvgIpc) is 1.50. The second kappa shape index (κ2) is 39.3. The number of ether oxygens (including phenoxy) is 4. The Morgan fingerprint density at radius 3 is 0.818 bits per heavy atom. The maximum Gasteiger partial charge on any atom is 0.410 e. The molecular weight excluding hydrogens is 1370 g/mol. The number of hydrogen-bond acceptors (Lipinski definition) is 22. The van der Waals surface area contributed by atoms with E-state index in [9.17, 15) is 64.9 Å². The van der Waals surface area contributed by atoms with E-state index in [2.05, 4.69) is 0 Å². The molecule has 4 heterocycles. The number of rotatable bonds is 19. The van der Waals surface area contributed by atoms with Crippen LogP contribution < -0.4 is 0 Å². The summed E-state index contributed by atoms with van der Waals surface area (Å²) in [6.45, 7) is 31.2. The van der Waals surface area contributed by atoms with Gasteiger partial charge in [-0.1, -0.05) is 53.1 Å². The van der Waals surface area contributed by atoms with E-state index in [0.717, 1.165) is 29.5 Å². The van der Waals surface area contributed by atoms with Gasteiger partial charge in [0.05, 0.1) is 52.3 Å². The summed E-state index contributed by atoms with van der Waals surface area (Å²) in [7, 11) is -6.14. The molecule has 0 bridgehead atoms. The topological polar surface area (TPSA) is 360 Å². The molecule has 4 saturated heterocycles. The lowest BCUT2D eigenvalue weighted by Crippen LogP contribution is -2.36. The van der Waals surface area contributed by atoms with Crippen molar-refractivity contribution in [2.45, 2.75) is 217 Å². The zero-order valence-corrected chi connectivity index (χ0v) is 63.5. The molecule has 8 atom stereocenters. The number of aliphatic hydroxyl groups is 6. The maximum absolute atomic E-state index is 12.1. The van der Waals surface area contributed by atoms with Crippen molar-refractivity contribution >= 4 is 64.3 Å². The van der Waals surface area contributed by atoms with Gasteiger partial charge in [0, 0.05) is 99.9 Å². The van der Waals surface area contributed by atoms with Gasteiger partial charge in [-0.15, -0.1) is 0 Å². The van der Waals surface area contributed by atoms with Gasteiger partial charge in [0.2, 0.25) is 0 Å². The minimum Gasteiger partial charge on any atom is -0.444 e. The Morgan fingerprint density at radius 2 is 0.616 bits per heavy atom. The Hall–Kier alpha value is -5.44. The number of amides is 4. The molecule has 564 valence electrons. The molecule has 0 aromatic heterocycles. The first-order valence-electron chi connectivity index (χ1n) is 33.4. The van der Waals surface area contributed by atoms with Crippen LogP contribution in [0.2, 0.25) is 0 Å². The van der Waals surface area contributed by atoms with Crippen LogP contribution in [0.1, 0.15) is 151 Å². The number of hydrogen-bond donors (Lipinski definition) is 6. The van der Waals surface area contributed by atoms with E-state index in [0.29, 0.717) is 78.0 Å². The average molecular weight is 1480 g/mol. The number of likely N-dealkylation sites (tertiary alicyclic amines) is 4. The van der Waals surface area contributed by atoms with Gasteiger partial charge in [-0.3, -0.25) is 8.37 Å². The molecule has 0 unspecified atom stereocenters. The van der Waals surface area contributed by atoms with Crippen molar-refractivity contribution in [2.24, 2.45) is 23.7 Å². The molecule has 4 aliphatic heterocycles. The van der Waals surface area contributed by atoms with Gasteiger partial charge in [0.1, 0.15) is 22.4 Å². The Labute approximate surface area is 591 Å². The van der Waals surface area contributed by atoms with Gasteiger partial charge in [0.15, 0.2) is 0 Å². The van der Waals surface area contributed by atoms with E-state index < -0.39 is 88.3 Å². The van der Waals surface area contributed by atoms with Gasteiger partial charge in [-0.25, -0.2) is 27.6 Å². The van der Waals surface area contributed by atoms with Gasteiger partial charge in [0.25, 0.3) is 29.3 Å². The normalized spacial score (nSPS) is 19.5. The maximum atomic E-state index is 12.1. The van der Waals surface area contributed by atoms with Crippen LogP contribution in [0.4, 0.5) is 19.2 Å². The van der Waals surface area contributed by atoms with E-state index in [4.69, 9.17) is 48.2 Å². The Balaban J connectivity index is 0.000000333. The highest BCUT2D eigenvalue weighted by atomic mass is 35.7. The lowest BCUT2D eigenvalue weighted by atomic mass is 9.99. The fourth-order valence-electron chi connectivity index (χ4n) is 10.4. The number of aliphatic hydroxyl groups excluding tert-OH is 6. The summed E-state index contributed by atoms with van der Waals surface area (Å²) in [5.74, 6) is -0.143. The van der Waals surface area contributed by atoms with Crippen LogP contribution in [0.25, 0.3) is 0 Å². The van der Waals surface area contributed by atoms with Crippen LogP contribution >= 0.6 is 10.7 Å². The number of carbonyl (C=O) groups is 4. The molecule has 4 amide bonds. The molecule has 4 fully saturated rings. The van der Waals surface area contributed by atoms with Crippen molar-refractivity contribution < 1.29 is 102 Å². The van der Waals surface area contributed by atoms with Crippen LogP contribution in [-0.4, -0.2) is 225 Å². The van der Waals surface area contributed by atoms with Crippen molar-refractivity contribution in [3.8, 4) is 0 Å². The molecular formula is C69H111ClN4O22S3. The van der Waals surface area contributed by atoms with Crippen molar-refractivity contribution in [1.29, 1.82) is 0 Å². The monoisotopic (exact) mass is 1480 g/mol. The van der Waals surface area contributed by atoms with E-state index in [1.165, 1.54) is 36.4 Å². The zero-order chi connectivity index (χ0) is 75.1. The van der Waals surface area contributed by atoms with Gasteiger partial charge in [-0.05, 0) is 192 Å². The summed E-state index contributed by atoms with van der Waals surface area (Å²) in [5.41, 5.74) is 0.824. The highest BCUT2D eigenvalue weighted by Crippen LogP contribution is 2.29. The van der Waals surface area contributed by atoms with Gasteiger partial charge < -0.3 is 69.2 Å². The Morgan fingerprint density at radius 1 is 0.404 bits per heavy atom. The first-order valence-corrected chi connectivity index (χ1v) is 38.5. The first kappa shape index (κ1) is 87.8. The van der Waals surface area contributed by atoms with E-state index in [1.807, 2.05) is 62.3 Å². The highest BCUT2D eigenvalue weighted by Gasteiger charge is 2.37. The largest absolute Gasteiger partial charge is 0.444 e. The number of aryl methyl sites for hydroxylation is 3. The first-order chi connectivity index (χ1) is 45.6. The molecule has 4 aliphatic rings. The van der Waals surface area contributed by atoms with Crippen molar-refractivity contribution in [3.05, 3.63) is 89.5 Å². The summed E-state index contributed by atoms with van der Waals surface area (Å²) in [4.78, 5) is 54.4. The number of halogens is 1. The molecule has 7 rings (SSSR count). The molecule has 0 spiro atoms. The lowest BCUT2D eigenvalue weighted by molar-refractivity contribution is 0.0248. The molecule has 0 aliphatic carbocycles. The number of nitrogens with zero attached hydrogens (tertiary/aromatic N) is 4. The third kappa shape index (κ3) is 33.5. The molecule has 6 N–H and O–H groups in total. The predicted octanol–water partition coefficient (Wildman–Crippen LogP) is 9.31. The molecule has 99 heavy (non-hydrogen) atoms. The second-order valence-electron chi connectivity index (χ2n) is 29.2. The summed E-state index contributed by atoms with van der Waals surface area (Å²) in [5, 5.41) is 57.7. The quantitative estimate of drug-likeness (QED) is 0.0369. The van der Waals surface area contributed by atoms with E-state index in [1.54, 1.807) is 97.5 Å². The molecule has 26 nitrogen and oxygen atoms in total. The second-order valence-corrected chi connectivity index (χ2v) is 35.0. The summed E-state index contributed by atoms with van der Waals surface area (Å²) in [6, 6.07) is 19.2. The Bertz CT molecular complexity index is 3140. The van der Waals surface area contributed by atoms with Crippen LogP contribution in [0.3, 0.4) is 0 Å². The summed E-state index contributed by atoms with van der Waals surface area (Å²) < 4.78 is 101. The van der Waals surface area contributed by atoms with Gasteiger partial charge >= 0.3 is 24.4 Å². The minimum absolute atomic E-state index is 0.0237. The zero-order valence-electron chi connectivity index (χ0n) is 60.3. The van der Waals surface area contributed by atoms with E-state index >= 15 is 0 Å². The molecule has 30 heteroatoms. The van der Waals surface area contributed by atoms with Crippen LogP contribution in [0.5, 0.6) is 0 Å². The molecule has 0 radical (unpaired) electrons. The van der Waals surface area contributed by atoms with Crippen LogP contribution in [0.15, 0.2) is 87.5 Å². The highest BCUT2D eigenvalue weighted by molar-refractivity contribution is 8.13. The van der Waals surface area contributed by atoms with Crippen molar-refractivity contribution in [3.63, 3.8) is 0 Å². The SMILES string of the molecule is CC(C)(C)OC(=O)N1CC[C@H]([C@@H](O)CCO)C1.CC(C)(C)OC(=O)N1CC[C@H]([C@H](O)CCO)C1.Cc1ccc(S(=O)(=O)Cl)cc1.Cc1ccc(S(=O)(=O)OCC[C@@H](O)[C@H]2CCN(C(=O)OC(C)(C)C)C2)cc1.Cc1ccc(S(=O)(=O)OCC[C@H](O)[C@H]2CCN(C(=O)OC(C)(C)C)C2)cc1. The smallest absolute Gasteiger partial charge is 0.410 e. The van der Waals surface area contributed by atoms with Crippen molar-refractivity contribution in [2.75, 3.05) is 78.8 Å². The van der Waals surface area contributed by atoms with Crippen LogP contribution in [0, 0.1) is 44.4 Å².